The van der Waals surface area contributed by atoms with Crippen molar-refractivity contribution in [3.63, 3.8) is 0 Å². The van der Waals surface area contributed by atoms with E-state index >= 15 is 0 Å². The van der Waals surface area contributed by atoms with Crippen molar-refractivity contribution in [1.29, 1.82) is 0 Å². The highest BCUT2D eigenvalue weighted by Crippen LogP contribution is 2.37. The highest BCUT2D eigenvalue weighted by Gasteiger charge is 2.32. The van der Waals surface area contributed by atoms with Crippen molar-refractivity contribution >= 4 is 0 Å². The zero-order valence-electron chi connectivity index (χ0n) is 7.19. The van der Waals surface area contributed by atoms with Gasteiger partial charge in [0.25, 0.3) is 0 Å². The number of hydrogen-bond donors (Lipinski definition) is 0. The molecule has 0 N–H and O–H groups in total. The van der Waals surface area contributed by atoms with Gasteiger partial charge >= 0.3 is 0 Å². The molecule has 0 radical (unpaired) electrons. The topological polar surface area (TPSA) is 0 Å². The minimum atomic E-state index is -2.10. The number of halogens is 2. The predicted octanol–water partition coefficient (Wildman–Crippen LogP) is 3.32. The second-order valence-corrected chi connectivity index (χ2v) is 3.77. The molecule has 1 rings (SSSR count). The van der Waals surface area contributed by atoms with E-state index in [1.807, 2.05) is 6.92 Å². The van der Waals surface area contributed by atoms with E-state index in [2.05, 4.69) is 6.92 Å². The summed E-state index contributed by atoms with van der Waals surface area (Å²) in [4.78, 5) is 0. The summed E-state index contributed by atoms with van der Waals surface area (Å²) >= 11 is 0. The third-order valence-corrected chi connectivity index (χ3v) is 3.09. The van der Waals surface area contributed by atoms with E-state index in [0.717, 1.165) is 19.3 Å². The molecule has 1 aliphatic carbocycles. The SMILES string of the molecule is CC1CCCC(C(F)F)C1C. The zero-order valence-corrected chi connectivity index (χ0v) is 7.19. The first-order chi connectivity index (χ1) is 5.13. The van der Waals surface area contributed by atoms with Gasteiger partial charge in [-0.3, -0.25) is 0 Å². The predicted molar refractivity (Wildman–Crippen MR) is 41.7 cm³/mol. The molecule has 0 aliphatic heterocycles. The molecule has 0 spiro atoms. The second kappa shape index (κ2) is 3.51. The highest BCUT2D eigenvalue weighted by molar-refractivity contribution is 4.78. The smallest absolute Gasteiger partial charge is 0.210 e. The largest absolute Gasteiger partial charge is 0.241 e. The fourth-order valence-corrected chi connectivity index (χ4v) is 1.98. The summed E-state index contributed by atoms with van der Waals surface area (Å²) < 4.78 is 24.7. The standard InChI is InChI=1S/C9H16F2/c1-6-4-3-5-8(7(6)2)9(10)11/h6-9H,3-5H2,1-2H3. The lowest BCUT2D eigenvalue weighted by Gasteiger charge is -2.33. The molecule has 0 aromatic heterocycles. The van der Waals surface area contributed by atoms with E-state index in [4.69, 9.17) is 0 Å². The van der Waals surface area contributed by atoms with Gasteiger partial charge in [0.2, 0.25) is 6.43 Å². The van der Waals surface area contributed by atoms with Gasteiger partial charge in [-0.15, -0.1) is 0 Å². The van der Waals surface area contributed by atoms with Crippen LogP contribution in [0, 0.1) is 17.8 Å². The Morgan fingerprint density at radius 3 is 2.27 bits per heavy atom. The average Bonchev–Trinajstić information content (AvgIpc) is 1.94. The van der Waals surface area contributed by atoms with Gasteiger partial charge in [0.05, 0.1) is 0 Å². The van der Waals surface area contributed by atoms with Crippen LogP contribution in [-0.2, 0) is 0 Å². The lowest BCUT2D eigenvalue weighted by molar-refractivity contribution is 0.00843. The minimum Gasteiger partial charge on any atom is -0.210 e. The Kier molecular flexibility index (Phi) is 2.85. The quantitative estimate of drug-likeness (QED) is 0.554. The summed E-state index contributed by atoms with van der Waals surface area (Å²) in [5, 5.41) is 0. The molecule has 1 saturated carbocycles. The van der Waals surface area contributed by atoms with Crippen molar-refractivity contribution in [2.75, 3.05) is 0 Å². The van der Waals surface area contributed by atoms with Crippen LogP contribution >= 0.6 is 0 Å². The van der Waals surface area contributed by atoms with Crippen LogP contribution in [0.25, 0.3) is 0 Å². The van der Waals surface area contributed by atoms with Gasteiger partial charge in [-0.05, 0) is 18.3 Å². The molecular formula is C9H16F2. The summed E-state index contributed by atoms with van der Waals surface area (Å²) in [5.74, 6) is 0.366. The van der Waals surface area contributed by atoms with E-state index < -0.39 is 6.43 Å². The van der Waals surface area contributed by atoms with Crippen LogP contribution in [0.15, 0.2) is 0 Å². The highest BCUT2D eigenvalue weighted by atomic mass is 19.3. The Morgan fingerprint density at radius 2 is 1.82 bits per heavy atom. The molecule has 0 nitrogen and oxygen atoms in total. The van der Waals surface area contributed by atoms with Crippen LogP contribution in [0.2, 0.25) is 0 Å². The van der Waals surface area contributed by atoms with E-state index in [1.54, 1.807) is 0 Å². The van der Waals surface area contributed by atoms with Crippen molar-refractivity contribution < 1.29 is 8.78 Å². The Labute approximate surface area is 67.0 Å². The Bertz CT molecular complexity index is 123. The number of hydrogen-bond acceptors (Lipinski definition) is 0. The summed E-state index contributed by atoms with van der Waals surface area (Å²) in [6, 6.07) is 0. The third kappa shape index (κ3) is 1.91. The molecule has 1 fully saturated rings. The molecule has 11 heavy (non-hydrogen) atoms. The van der Waals surface area contributed by atoms with E-state index in [9.17, 15) is 8.78 Å². The molecule has 0 aromatic carbocycles. The van der Waals surface area contributed by atoms with E-state index in [1.165, 1.54) is 0 Å². The third-order valence-electron chi connectivity index (χ3n) is 3.09. The zero-order chi connectivity index (χ0) is 8.43. The van der Waals surface area contributed by atoms with Crippen molar-refractivity contribution in [3.8, 4) is 0 Å². The van der Waals surface area contributed by atoms with Gasteiger partial charge in [0.1, 0.15) is 0 Å². The molecule has 0 amide bonds. The van der Waals surface area contributed by atoms with Crippen molar-refractivity contribution in [3.05, 3.63) is 0 Å². The van der Waals surface area contributed by atoms with Gasteiger partial charge in [0.15, 0.2) is 0 Å². The molecular weight excluding hydrogens is 146 g/mol. The molecule has 2 heteroatoms. The van der Waals surface area contributed by atoms with Gasteiger partial charge in [-0.25, -0.2) is 8.78 Å². The van der Waals surface area contributed by atoms with Crippen LogP contribution in [0.3, 0.4) is 0 Å². The first kappa shape index (κ1) is 8.95. The fourth-order valence-electron chi connectivity index (χ4n) is 1.98. The second-order valence-electron chi connectivity index (χ2n) is 3.77. The summed E-state index contributed by atoms with van der Waals surface area (Å²) in [7, 11) is 0. The molecule has 0 saturated heterocycles. The maximum absolute atomic E-state index is 12.3. The minimum absolute atomic E-state index is 0.212. The lowest BCUT2D eigenvalue weighted by Crippen LogP contribution is -2.29. The maximum Gasteiger partial charge on any atom is 0.241 e. The first-order valence-electron chi connectivity index (χ1n) is 4.41. The van der Waals surface area contributed by atoms with Gasteiger partial charge < -0.3 is 0 Å². The van der Waals surface area contributed by atoms with Crippen molar-refractivity contribution in [1.82, 2.24) is 0 Å². The molecule has 1 aliphatic rings. The molecule has 3 atom stereocenters. The van der Waals surface area contributed by atoms with Gasteiger partial charge in [-0.1, -0.05) is 26.7 Å². The van der Waals surface area contributed by atoms with Gasteiger partial charge in [0, 0.05) is 5.92 Å². The summed E-state index contributed by atoms with van der Waals surface area (Å²) in [6.45, 7) is 4.04. The van der Waals surface area contributed by atoms with Crippen LogP contribution in [0.4, 0.5) is 8.78 Å². The van der Waals surface area contributed by atoms with E-state index in [-0.39, 0.29) is 11.8 Å². The fraction of sp³-hybridized carbons (Fsp3) is 1.00. The maximum atomic E-state index is 12.3. The van der Waals surface area contributed by atoms with Crippen LogP contribution in [-0.4, -0.2) is 6.43 Å². The Morgan fingerprint density at radius 1 is 1.18 bits per heavy atom. The Balaban J connectivity index is 2.51. The van der Waals surface area contributed by atoms with Crippen molar-refractivity contribution in [2.24, 2.45) is 17.8 Å². The lowest BCUT2D eigenvalue weighted by atomic mass is 9.74. The van der Waals surface area contributed by atoms with Crippen LogP contribution < -0.4 is 0 Å². The normalized spacial score (nSPS) is 39.5. The first-order valence-corrected chi connectivity index (χ1v) is 4.41. The Hall–Kier alpha value is -0.140. The monoisotopic (exact) mass is 162 g/mol. The molecule has 66 valence electrons. The summed E-state index contributed by atoms with van der Waals surface area (Å²) in [6.07, 6.45) is 0.737. The molecule has 0 aromatic rings. The molecule has 0 heterocycles. The average molecular weight is 162 g/mol. The molecule has 3 unspecified atom stereocenters. The van der Waals surface area contributed by atoms with Crippen LogP contribution in [0.5, 0.6) is 0 Å². The number of alkyl halides is 2. The van der Waals surface area contributed by atoms with Gasteiger partial charge in [-0.2, -0.15) is 0 Å². The van der Waals surface area contributed by atoms with Crippen LogP contribution in [0.1, 0.15) is 33.1 Å². The number of rotatable bonds is 1. The van der Waals surface area contributed by atoms with E-state index in [0.29, 0.717) is 5.92 Å². The summed E-state index contributed by atoms with van der Waals surface area (Å²) in [5.41, 5.74) is 0. The van der Waals surface area contributed by atoms with Crippen molar-refractivity contribution in [2.45, 2.75) is 39.5 Å². The molecule has 0 bridgehead atoms.